The third-order valence-electron chi connectivity index (χ3n) is 3.90. The fraction of sp³-hybridized carbons (Fsp3) is 0.615. The largest absolute Gasteiger partial charge is 0.468 e. The summed E-state index contributed by atoms with van der Waals surface area (Å²) in [5.41, 5.74) is 0. The van der Waals surface area contributed by atoms with Gasteiger partial charge in [0.1, 0.15) is 6.10 Å². The summed E-state index contributed by atoms with van der Waals surface area (Å²) in [7, 11) is -3.36. The summed E-state index contributed by atoms with van der Waals surface area (Å²) in [4.78, 5) is 3.87. The molecule has 8 heteroatoms. The van der Waals surface area contributed by atoms with Crippen LogP contribution in [-0.4, -0.2) is 55.4 Å². The van der Waals surface area contributed by atoms with Crippen LogP contribution in [0.2, 0.25) is 0 Å². The van der Waals surface area contributed by atoms with Gasteiger partial charge in [-0.3, -0.25) is 0 Å². The maximum atomic E-state index is 13.7. The minimum absolute atomic E-state index is 0.113. The molecule has 0 amide bonds. The Morgan fingerprint density at radius 2 is 2.29 bits per heavy atom. The van der Waals surface area contributed by atoms with E-state index in [9.17, 15) is 12.8 Å². The summed E-state index contributed by atoms with van der Waals surface area (Å²) >= 11 is 0. The number of halogens is 1. The molecule has 116 valence electrons. The molecule has 6 nitrogen and oxygen atoms in total. The second-order valence-electron chi connectivity index (χ2n) is 5.30. The Morgan fingerprint density at radius 3 is 3.00 bits per heavy atom. The summed E-state index contributed by atoms with van der Waals surface area (Å²) in [5, 5.41) is 0. The van der Waals surface area contributed by atoms with E-state index in [1.807, 2.05) is 0 Å². The number of hydrogen-bond acceptors (Lipinski definition) is 5. The highest BCUT2D eigenvalue weighted by molar-refractivity contribution is 7.88. The Balaban J connectivity index is 1.88. The highest BCUT2D eigenvalue weighted by Crippen LogP contribution is 2.34. The summed E-state index contributed by atoms with van der Waals surface area (Å²) < 4.78 is 50.2. The maximum absolute atomic E-state index is 13.7. The second kappa shape index (κ2) is 5.51. The molecule has 1 aliphatic carbocycles. The van der Waals surface area contributed by atoms with Crippen LogP contribution in [0.5, 0.6) is 5.88 Å². The minimum Gasteiger partial charge on any atom is -0.468 e. The van der Waals surface area contributed by atoms with E-state index in [4.69, 9.17) is 9.47 Å². The van der Waals surface area contributed by atoms with Gasteiger partial charge in [-0.25, -0.2) is 17.8 Å². The number of fused-ring (bicyclic) bond motifs is 2. The molecule has 0 aromatic carbocycles. The second-order valence-corrected chi connectivity index (χ2v) is 7.24. The fourth-order valence-corrected chi connectivity index (χ4v) is 4.13. The molecule has 2 heterocycles. The van der Waals surface area contributed by atoms with Gasteiger partial charge >= 0.3 is 0 Å². The first-order valence-corrected chi connectivity index (χ1v) is 8.67. The van der Waals surface area contributed by atoms with Crippen molar-refractivity contribution < 1.29 is 22.3 Å². The Bertz CT molecular complexity index is 624. The van der Waals surface area contributed by atoms with Crippen molar-refractivity contribution in [1.82, 2.24) is 9.29 Å². The van der Waals surface area contributed by atoms with Gasteiger partial charge in [-0.1, -0.05) is 0 Å². The first-order chi connectivity index (χ1) is 9.97. The van der Waals surface area contributed by atoms with Crippen LogP contribution in [0.25, 0.3) is 0 Å². The zero-order valence-corrected chi connectivity index (χ0v) is 12.4. The Labute approximate surface area is 122 Å². The first kappa shape index (κ1) is 14.7. The van der Waals surface area contributed by atoms with Gasteiger partial charge in [-0.15, -0.1) is 0 Å². The fourth-order valence-electron chi connectivity index (χ4n) is 3.01. The van der Waals surface area contributed by atoms with Crippen molar-refractivity contribution in [2.24, 2.45) is 0 Å². The van der Waals surface area contributed by atoms with Crippen LogP contribution in [0, 0.1) is 5.82 Å². The lowest BCUT2D eigenvalue weighted by Crippen LogP contribution is -2.47. The van der Waals surface area contributed by atoms with Crippen LogP contribution >= 0.6 is 0 Å². The van der Waals surface area contributed by atoms with Crippen molar-refractivity contribution in [3.05, 3.63) is 24.1 Å². The quantitative estimate of drug-likeness (QED) is 0.825. The van der Waals surface area contributed by atoms with Crippen molar-refractivity contribution in [1.29, 1.82) is 0 Å². The van der Waals surface area contributed by atoms with Crippen molar-refractivity contribution in [2.75, 3.05) is 19.4 Å². The zero-order chi connectivity index (χ0) is 15.0. The average Bonchev–Trinajstić information content (AvgIpc) is 2.66. The van der Waals surface area contributed by atoms with Gasteiger partial charge in [-0.2, -0.15) is 4.31 Å². The number of hydrogen-bond donors (Lipinski definition) is 0. The Hall–Kier alpha value is -1.25. The molecule has 0 radical (unpaired) electrons. The normalized spacial score (nSPS) is 30.1. The highest BCUT2D eigenvalue weighted by atomic mass is 32.2. The molecule has 0 spiro atoms. The van der Waals surface area contributed by atoms with Crippen LogP contribution in [-0.2, 0) is 14.8 Å². The number of aromatic nitrogens is 1. The first-order valence-electron chi connectivity index (χ1n) is 6.82. The summed E-state index contributed by atoms with van der Waals surface area (Å²) in [6, 6.07) is 2.40. The molecule has 3 atom stereocenters. The molecule has 2 fully saturated rings. The van der Waals surface area contributed by atoms with Crippen LogP contribution in [0.4, 0.5) is 4.39 Å². The molecule has 1 saturated heterocycles. The summed E-state index contributed by atoms with van der Waals surface area (Å²) in [6.07, 6.45) is 3.16. The molecule has 2 bridgehead atoms. The van der Waals surface area contributed by atoms with E-state index in [0.717, 1.165) is 0 Å². The van der Waals surface area contributed by atoms with Crippen LogP contribution in [0.15, 0.2) is 18.3 Å². The standard InChI is InChI=1S/C13H17FN2O4S/c1-21(17,18)16-7-8-19-11-5-4-10(16)12(11)20-13-9(14)3-2-6-15-13/h2-3,6,10-12H,4-5,7-8H2,1H3/t10-,11-,12-/m0/s1. The number of rotatable bonds is 3. The van der Waals surface area contributed by atoms with E-state index in [0.29, 0.717) is 26.0 Å². The highest BCUT2D eigenvalue weighted by Gasteiger charge is 2.47. The van der Waals surface area contributed by atoms with E-state index in [-0.39, 0.29) is 18.0 Å². The zero-order valence-electron chi connectivity index (χ0n) is 11.6. The lowest BCUT2D eigenvalue weighted by Gasteiger charge is -2.29. The average molecular weight is 316 g/mol. The molecule has 1 aromatic rings. The lowest BCUT2D eigenvalue weighted by atomic mass is 10.2. The van der Waals surface area contributed by atoms with E-state index in [1.165, 1.54) is 28.9 Å². The van der Waals surface area contributed by atoms with Crippen molar-refractivity contribution in [2.45, 2.75) is 31.1 Å². The van der Waals surface area contributed by atoms with E-state index in [2.05, 4.69) is 4.98 Å². The summed E-state index contributed by atoms with van der Waals surface area (Å²) in [6.45, 7) is 0.614. The molecule has 21 heavy (non-hydrogen) atoms. The van der Waals surface area contributed by atoms with Crippen molar-refractivity contribution in [3.8, 4) is 5.88 Å². The third-order valence-corrected chi connectivity index (χ3v) is 5.21. The predicted octanol–water partition coefficient (Wildman–Crippen LogP) is 0.791. The molecular formula is C13H17FN2O4S. The van der Waals surface area contributed by atoms with Crippen LogP contribution < -0.4 is 4.74 Å². The Kier molecular flexibility index (Phi) is 3.85. The molecule has 0 unspecified atom stereocenters. The van der Waals surface area contributed by atoms with E-state index in [1.54, 1.807) is 0 Å². The number of nitrogens with zero attached hydrogens (tertiary/aromatic N) is 2. The molecule has 0 N–H and O–H groups in total. The number of pyridine rings is 1. The van der Waals surface area contributed by atoms with Gasteiger partial charge in [0.05, 0.1) is 25.0 Å². The van der Waals surface area contributed by atoms with Gasteiger partial charge < -0.3 is 9.47 Å². The van der Waals surface area contributed by atoms with Gasteiger partial charge in [0.2, 0.25) is 10.0 Å². The van der Waals surface area contributed by atoms with Crippen molar-refractivity contribution >= 4 is 10.0 Å². The number of sulfonamides is 1. The minimum atomic E-state index is -3.36. The molecule has 3 rings (SSSR count). The van der Waals surface area contributed by atoms with Gasteiger partial charge in [0.15, 0.2) is 5.82 Å². The van der Waals surface area contributed by atoms with E-state index >= 15 is 0 Å². The van der Waals surface area contributed by atoms with Crippen molar-refractivity contribution in [3.63, 3.8) is 0 Å². The molecular weight excluding hydrogens is 299 g/mol. The van der Waals surface area contributed by atoms with Crippen LogP contribution in [0.1, 0.15) is 12.8 Å². The SMILES string of the molecule is CS(=O)(=O)N1CCO[C@H]2CC[C@H]1[C@@H]2Oc1ncccc1F. The smallest absolute Gasteiger partial charge is 0.250 e. The Morgan fingerprint density at radius 1 is 1.48 bits per heavy atom. The van der Waals surface area contributed by atoms with Gasteiger partial charge in [-0.05, 0) is 25.0 Å². The third kappa shape index (κ3) is 2.88. The van der Waals surface area contributed by atoms with Gasteiger partial charge in [0.25, 0.3) is 5.88 Å². The summed E-state index contributed by atoms with van der Waals surface area (Å²) in [5.74, 6) is -0.676. The maximum Gasteiger partial charge on any atom is 0.250 e. The predicted molar refractivity (Wildman–Crippen MR) is 72.9 cm³/mol. The van der Waals surface area contributed by atoms with Crippen LogP contribution in [0.3, 0.4) is 0 Å². The monoisotopic (exact) mass is 316 g/mol. The van der Waals surface area contributed by atoms with E-state index < -0.39 is 21.9 Å². The lowest BCUT2D eigenvalue weighted by molar-refractivity contribution is 0.000680. The number of ether oxygens (including phenoxy) is 2. The molecule has 1 saturated carbocycles. The molecule has 1 aromatic heterocycles. The molecule has 1 aliphatic heterocycles. The topological polar surface area (TPSA) is 68.7 Å². The molecule has 2 aliphatic rings. The van der Waals surface area contributed by atoms with Gasteiger partial charge in [0, 0.05) is 12.7 Å².